The van der Waals surface area contributed by atoms with E-state index in [1.54, 1.807) is 13.0 Å². The Balaban J connectivity index is 2.66. The summed E-state index contributed by atoms with van der Waals surface area (Å²) in [7, 11) is 0. The molecule has 0 aliphatic rings. The van der Waals surface area contributed by atoms with E-state index in [0.717, 1.165) is 18.4 Å². The molecule has 0 atom stereocenters. The molecule has 3 nitrogen and oxygen atoms in total. The molecule has 1 heterocycles. The molecule has 1 rings (SSSR count). The number of aryl methyl sites for hydroxylation is 1. The molecule has 0 saturated carbocycles. The summed E-state index contributed by atoms with van der Waals surface area (Å²) in [4.78, 5) is 0. The maximum Gasteiger partial charge on any atom is 0.323 e. The van der Waals surface area contributed by atoms with E-state index in [9.17, 15) is 0 Å². The van der Waals surface area contributed by atoms with E-state index >= 15 is 0 Å². The van der Waals surface area contributed by atoms with Gasteiger partial charge in [0.2, 0.25) is 0 Å². The summed E-state index contributed by atoms with van der Waals surface area (Å²) in [5, 5.41) is 13.2. The van der Waals surface area contributed by atoms with Crippen molar-refractivity contribution >= 4 is 12.4 Å². The summed E-state index contributed by atoms with van der Waals surface area (Å²) in [6.45, 7) is 4.37. The first-order valence-corrected chi connectivity index (χ1v) is 3.94. The topological polar surface area (TPSA) is 38.0 Å². The van der Waals surface area contributed by atoms with Gasteiger partial charge >= 0.3 is 6.92 Å². The Kier molecular flexibility index (Phi) is 2.71. The van der Waals surface area contributed by atoms with Gasteiger partial charge in [0.15, 0.2) is 0 Å². The molecule has 1 aromatic heterocycles. The molecule has 4 heteroatoms. The second-order valence-corrected chi connectivity index (χ2v) is 2.71. The standard InChI is InChI=1S/C7H13BN2O/c1-3-4-10-6-7(5-9-10)8(2)11/h5-6,11H,3-4H2,1-2H3. The van der Waals surface area contributed by atoms with Crippen LogP contribution in [0.5, 0.6) is 0 Å². The summed E-state index contributed by atoms with van der Waals surface area (Å²) in [6.07, 6.45) is 4.66. The minimum absolute atomic E-state index is 0.402. The monoisotopic (exact) mass is 152 g/mol. The van der Waals surface area contributed by atoms with E-state index in [2.05, 4.69) is 12.0 Å². The Morgan fingerprint density at radius 2 is 2.45 bits per heavy atom. The number of hydrogen-bond acceptors (Lipinski definition) is 2. The molecule has 0 aliphatic carbocycles. The Hall–Kier alpha value is -0.765. The van der Waals surface area contributed by atoms with Gasteiger partial charge in [0.05, 0.1) is 0 Å². The molecule has 0 bridgehead atoms. The van der Waals surface area contributed by atoms with Crippen LogP contribution in [0.15, 0.2) is 12.4 Å². The Labute approximate surface area is 67.2 Å². The van der Waals surface area contributed by atoms with Crippen LogP contribution in [0.3, 0.4) is 0 Å². The zero-order valence-electron chi connectivity index (χ0n) is 6.99. The SMILES string of the molecule is CCCn1cc(B(C)O)cn1. The van der Waals surface area contributed by atoms with Gasteiger partial charge in [-0.25, -0.2) is 0 Å². The van der Waals surface area contributed by atoms with Crippen LogP contribution in [0, 0.1) is 0 Å². The molecule has 11 heavy (non-hydrogen) atoms. The summed E-state index contributed by atoms with van der Waals surface area (Å²) < 4.78 is 1.85. The van der Waals surface area contributed by atoms with Gasteiger partial charge in [-0.15, -0.1) is 0 Å². The van der Waals surface area contributed by atoms with Crippen molar-refractivity contribution in [3.05, 3.63) is 12.4 Å². The lowest BCUT2D eigenvalue weighted by Crippen LogP contribution is -2.24. The van der Waals surface area contributed by atoms with Crippen molar-refractivity contribution in [3.63, 3.8) is 0 Å². The number of aromatic nitrogens is 2. The van der Waals surface area contributed by atoms with E-state index in [4.69, 9.17) is 5.02 Å². The van der Waals surface area contributed by atoms with Gasteiger partial charge in [-0.2, -0.15) is 5.10 Å². The van der Waals surface area contributed by atoms with E-state index in [1.165, 1.54) is 0 Å². The molecule has 0 amide bonds. The smallest absolute Gasteiger partial charge is 0.323 e. The average Bonchev–Trinajstić information content (AvgIpc) is 2.37. The largest absolute Gasteiger partial charge is 0.446 e. The van der Waals surface area contributed by atoms with E-state index in [1.807, 2.05) is 10.9 Å². The van der Waals surface area contributed by atoms with Gasteiger partial charge in [-0.1, -0.05) is 13.7 Å². The van der Waals surface area contributed by atoms with Crippen molar-refractivity contribution < 1.29 is 5.02 Å². The zero-order chi connectivity index (χ0) is 8.27. The van der Waals surface area contributed by atoms with Crippen molar-refractivity contribution in [1.29, 1.82) is 0 Å². The second kappa shape index (κ2) is 3.58. The molecule has 0 aromatic carbocycles. The highest BCUT2D eigenvalue weighted by molar-refractivity contribution is 6.64. The molecule has 1 aromatic rings. The van der Waals surface area contributed by atoms with Crippen LogP contribution < -0.4 is 5.46 Å². The van der Waals surface area contributed by atoms with Crippen LogP contribution in [0.4, 0.5) is 0 Å². The Morgan fingerprint density at radius 1 is 1.73 bits per heavy atom. The maximum absolute atomic E-state index is 9.15. The summed E-state index contributed by atoms with van der Waals surface area (Å²) in [5.41, 5.74) is 0.887. The summed E-state index contributed by atoms with van der Waals surface area (Å²) in [6, 6.07) is 0. The highest BCUT2D eigenvalue weighted by Crippen LogP contribution is 1.87. The molecule has 0 radical (unpaired) electrons. The molecule has 0 fully saturated rings. The first kappa shape index (κ1) is 8.33. The van der Waals surface area contributed by atoms with Gasteiger partial charge < -0.3 is 5.02 Å². The summed E-state index contributed by atoms with van der Waals surface area (Å²) in [5.74, 6) is 0. The molecular weight excluding hydrogens is 139 g/mol. The lowest BCUT2D eigenvalue weighted by atomic mass is 9.66. The average molecular weight is 152 g/mol. The third-order valence-corrected chi connectivity index (χ3v) is 1.59. The fourth-order valence-corrected chi connectivity index (χ4v) is 0.947. The highest BCUT2D eigenvalue weighted by atomic mass is 16.2. The number of hydrogen-bond donors (Lipinski definition) is 1. The van der Waals surface area contributed by atoms with Crippen molar-refractivity contribution in [1.82, 2.24) is 9.78 Å². The van der Waals surface area contributed by atoms with Crippen molar-refractivity contribution in [3.8, 4) is 0 Å². The molecule has 0 saturated heterocycles. The molecule has 0 unspecified atom stereocenters. The van der Waals surface area contributed by atoms with Crippen LogP contribution in [-0.4, -0.2) is 21.7 Å². The first-order valence-electron chi connectivity index (χ1n) is 3.94. The second-order valence-electron chi connectivity index (χ2n) is 2.71. The van der Waals surface area contributed by atoms with Crippen LogP contribution in [-0.2, 0) is 6.54 Å². The van der Waals surface area contributed by atoms with Crippen LogP contribution >= 0.6 is 0 Å². The first-order chi connectivity index (χ1) is 5.24. The lowest BCUT2D eigenvalue weighted by molar-refractivity contribution is 0.592. The zero-order valence-corrected chi connectivity index (χ0v) is 6.99. The van der Waals surface area contributed by atoms with Crippen molar-refractivity contribution in [2.24, 2.45) is 0 Å². The molecule has 0 spiro atoms. The molecule has 0 aliphatic heterocycles. The fourth-order valence-electron chi connectivity index (χ4n) is 0.947. The fraction of sp³-hybridized carbons (Fsp3) is 0.571. The normalized spacial score (nSPS) is 10.1. The van der Waals surface area contributed by atoms with Gasteiger partial charge in [0.25, 0.3) is 0 Å². The van der Waals surface area contributed by atoms with E-state index in [0.29, 0.717) is 0 Å². The Bertz CT molecular complexity index is 222. The van der Waals surface area contributed by atoms with Gasteiger partial charge in [0.1, 0.15) is 0 Å². The maximum atomic E-state index is 9.15. The lowest BCUT2D eigenvalue weighted by Gasteiger charge is -1.95. The van der Waals surface area contributed by atoms with E-state index in [-0.39, 0.29) is 0 Å². The van der Waals surface area contributed by atoms with Gasteiger partial charge in [-0.05, 0) is 11.9 Å². The minimum atomic E-state index is -0.402. The Morgan fingerprint density at radius 3 is 2.91 bits per heavy atom. The van der Waals surface area contributed by atoms with Crippen LogP contribution in [0.2, 0.25) is 6.82 Å². The quantitative estimate of drug-likeness (QED) is 0.624. The summed E-state index contributed by atoms with van der Waals surface area (Å²) >= 11 is 0. The number of rotatable bonds is 3. The highest BCUT2D eigenvalue weighted by Gasteiger charge is 2.07. The van der Waals surface area contributed by atoms with Crippen molar-refractivity contribution in [2.45, 2.75) is 26.7 Å². The van der Waals surface area contributed by atoms with Crippen LogP contribution in [0.25, 0.3) is 0 Å². The predicted molar refractivity (Wildman–Crippen MR) is 46.0 cm³/mol. The molecule has 1 N–H and O–H groups in total. The molecule has 60 valence electrons. The van der Waals surface area contributed by atoms with Gasteiger partial charge in [-0.3, -0.25) is 4.68 Å². The number of nitrogens with zero attached hydrogens (tertiary/aromatic N) is 2. The van der Waals surface area contributed by atoms with Gasteiger partial charge in [0, 0.05) is 18.9 Å². The van der Waals surface area contributed by atoms with E-state index < -0.39 is 6.92 Å². The van der Waals surface area contributed by atoms with Crippen molar-refractivity contribution in [2.75, 3.05) is 0 Å². The molecular formula is C7H13BN2O. The minimum Gasteiger partial charge on any atom is -0.446 e. The predicted octanol–water partition coefficient (Wildman–Crippen LogP) is 0.114. The van der Waals surface area contributed by atoms with Crippen LogP contribution in [0.1, 0.15) is 13.3 Å². The third-order valence-electron chi connectivity index (χ3n) is 1.59. The third kappa shape index (κ3) is 2.08.